The van der Waals surface area contributed by atoms with Crippen molar-refractivity contribution in [2.24, 2.45) is 0 Å². The van der Waals surface area contributed by atoms with Crippen LogP contribution in [0, 0.1) is 10.1 Å². The lowest BCUT2D eigenvalue weighted by atomic mass is 10.0. The molecule has 23 heavy (non-hydrogen) atoms. The summed E-state index contributed by atoms with van der Waals surface area (Å²) in [4.78, 5) is 9.97. The zero-order valence-corrected chi connectivity index (χ0v) is 13.0. The highest BCUT2D eigenvalue weighted by Gasteiger charge is 2.25. The van der Waals surface area contributed by atoms with E-state index >= 15 is 0 Å². The van der Waals surface area contributed by atoms with Crippen molar-refractivity contribution in [3.63, 3.8) is 0 Å². The second kappa shape index (κ2) is 5.98. The molecule has 0 amide bonds. The number of hydrogen-bond donors (Lipinski definition) is 2. The van der Waals surface area contributed by atoms with Gasteiger partial charge in [0.25, 0.3) is 15.7 Å². The molecule has 0 atom stereocenters. The molecule has 2 aromatic rings. The van der Waals surface area contributed by atoms with Crippen molar-refractivity contribution >= 4 is 21.4 Å². The van der Waals surface area contributed by atoms with Crippen LogP contribution in [0.25, 0.3) is 0 Å². The number of sulfonamides is 1. The zero-order chi connectivity index (χ0) is 16.4. The third-order valence-corrected chi connectivity index (χ3v) is 5.13. The van der Waals surface area contributed by atoms with Gasteiger partial charge in [-0.15, -0.1) is 0 Å². The smallest absolute Gasteiger partial charge is 0.289 e. The molecule has 0 bridgehead atoms. The number of para-hydroxylation sites is 1. The maximum atomic E-state index is 12.5. The lowest BCUT2D eigenvalue weighted by Gasteiger charge is -2.18. The second-order valence-corrected chi connectivity index (χ2v) is 6.89. The van der Waals surface area contributed by atoms with E-state index < -0.39 is 20.6 Å². The van der Waals surface area contributed by atoms with E-state index in [0.29, 0.717) is 12.2 Å². The van der Waals surface area contributed by atoms with Gasteiger partial charge in [-0.25, -0.2) is 8.42 Å². The summed E-state index contributed by atoms with van der Waals surface area (Å²) in [6.45, 7) is 1.57. The summed E-state index contributed by atoms with van der Waals surface area (Å²) in [7, 11) is -4.03. The van der Waals surface area contributed by atoms with Crippen molar-refractivity contribution < 1.29 is 13.3 Å². The highest BCUT2D eigenvalue weighted by molar-refractivity contribution is 7.92. The minimum Gasteiger partial charge on any atom is -0.312 e. The van der Waals surface area contributed by atoms with Crippen LogP contribution in [0.3, 0.4) is 0 Å². The van der Waals surface area contributed by atoms with Crippen LogP contribution in [0.1, 0.15) is 11.1 Å². The molecular weight excluding hydrogens is 318 g/mol. The van der Waals surface area contributed by atoms with E-state index in [1.54, 1.807) is 12.1 Å². The van der Waals surface area contributed by atoms with Gasteiger partial charge < -0.3 is 5.32 Å². The predicted octanol–water partition coefficient (Wildman–Crippen LogP) is 2.04. The van der Waals surface area contributed by atoms with Gasteiger partial charge >= 0.3 is 0 Å². The summed E-state index contributed by atoms with van der Waals surface area (Å²) in [5.74, 6) is 0. The molecule has 7 nitrogen and oxygen atoms in total. The number of rotatable bonds is 4. The topological polar surface area (TPSA) is 101 Å². The van der Waals surface area contributed by atoms with Crippen molar-refractivity contribution in [3.05, 3.63) is 63.7 Å². The molecule has 0 aliphatic carbocycles. The Morgan fingerprint density at radius 3 is 2.70 bits per heavy atom. The molecule has 1 aliphatic rings. The van der Waals surface area contributed by atoms with Crippen LogP contribution in [0.5, 0.6) is 0 Å². The fraction of sp³-hybridized carbons (Fsp3) is 0.200. The minimum atomic E-state index is -4.03. The Morgan fingerprint density at radius 2 is 1.91 bits per heavy atom. The minimum absolute atomic E-state index is 0.346. The lowest BCUT2D eigenvalue weighted by molar-refractivity contribution is -0.387. The zero-order valence-electron chi connectivity index (χ0n) is 12.2. The quantitative estimate of drug-likeness (QED) is 0.658. The standard InChI is InChI=1S/C15H15N3O4S/c19-18(20)14-3-1-2-4-15(14)23(21,22)17-13-6-5-11-7-8-16-10-12(11)9-13/h1-6,9,16-17H,7-8,10H2. The number of nitro benzene ring substituents is 1. The van der Waals surface area contributed by atoms with Crippen LogP contribution >= 0.6 is 0 Å². The molecule has 1 heterocycles. The fourth-order valence-electron chi connectivity index (χ4n) is 2.59. The average Bonchev–Trinajstić information content (AvgIpc) is 2.54. The van der Waals surface area contributed by atoms with Crippen LogP contribution in [0.15, 0.2) is 47.4 Å². The van der Waals surface area contributed by atoms with E-state index in [2.05, 4.69) is 10.0 Å². The maximum absolute atomic E-state index is 12.5. The first-order valence-electron chi connectivity index (χ1n) is 7.06. The van der Waals surface area contributed by atoms with E-state index in [4.69, 9.17) is 0 Å². The van der Waals surface area contributed by atoms with Gasteiger partial charge in [-0.1, -0.05) is 18.2 Å². The lowest BCUT2D eigenvalue weighted by Crippen LogP contribution is -2.24. The predicted molar refractivity (Wildman–Crippen MR) is 85.8 cm³/mol. The largest absolute Gasteiger partial charge is 0.312 e. The molecule has 0 spiro atoms. The Bertz CT molecular complexity index is 865. The summed E-state index contributed by atoms with van der Waals surface area (Å²) < 4.78 is 27.3. The third kappa shape index (κ3) is 3.17. The summed E-state index contributed by atoms with van der Waals surface area (Å²) in [5, 5.41) is 14.2. The number of anilines is 1. The van der Waals surface area contributed by atoms with Crippen molar-refractivity contribution in [1.82, 2.24) is 5.32 Å². The molecular formula is C15H15N3O4S. The Hall–Kier alpha value is -2.45. The van der Waals surface area contributed by atoms with Gasteiger partial charge in [0.2, 0.25) is 0 Å². The number of nitro groups is 1. The van der Waals surface area contributed by atoms with Gasteiger partial charge in [-0.05, 0) is 42.3 Å². The average molecular weight is 333 g/mol. The normalized spacial score (nSPS) is 14.1. The Kier molecular flexibility index (Phi) is 4.01. The molecule has 120 valence electrons. The molecule has 2 aromatic carbocycles. The van der Waals surface area contributed by atoms with Crippen LogP contribution in [0.4, 0.5) is 11.4 Å². The Balaban J connectivity index is 1.94. The van der Waals surface area contributed by atoms with Gasteiger partial charge in [-0.2, -0.15) is 0 Å². The highest BCUT2D eigenvalue weighted by atomic mass is 32.2. The number of nitrogens with one attached hydrogen (secondary N) is 2. The Morgan fingerprint density at radius 1 is 1.13 bits per heavy atom. The number of fused-ring (bicyclic) bond motifs is 1. The number of hydrogen-bond acceptors (Lipinski definition) is 5. The van der Waals surface area contributed by atoms with Crippen LogP contribution in [0.2, 0.25) is 0 Å². The van der Waals surface area contributed by atoms with Gasteiger partial charge in [0.1, 0.15) is 0 Å². The molecule has 0 saturated heterocycles. The van der Waals surface area contributed by atoms with Crippen molar-refractivity contribution in [2.75, 3.05) is 11.3 Å². The molecule has 2 N–H and O–H groups in total. The summed E-state index contributed by atoms with van der Waals surface area (Å²) in [5.41, 5.74) is 2.15. The molecule has 0 aromatic heterocycles. The summed E-state index contributed by atoms with van der Waals surface area (Å²) in [6.07, 6.45) is 0.895. The molecule has 0 saturated carbocycles. The van der Waals surface area contributed by atoms with Gasteiger partial charge in [0.15, 0.2) is 4.90 Å². The van der Waals surface area contributed by atoms with E-state index in [-0.39, 0.29) is 4.90 Å². The highest BCUT2D eigenvalue weighted by Crippen LogP contribution is 2.26. The fourth-order valence-corrected chi connectivity index (χ4v) is 3.81. The SMILES string of the molecule is O=[N+]([O-])c1ccccc1S(=O)(=O)Nc1ccc2c(c1)CNCC2. The summed E-state index contributed by atoms with van der Waals surface area (Å²) >= 11 is 0. The van der Waals surface area contributed by atoms with E-state index in [1.807, 2.05) is 6.07 Å². The van der Waals surface area contributed by atoms with E-state index in [1.165, 1.54) is 29.8 Å². The van der Waals surface area contributed by atoms with E-state index in [0.717, 1.165) is 18.5 Å². The maximum Gasteiger partial charge on any atom is 0.289 e. The van der Waals surface area contributed by atoms with Crippen LogP contribution in [-0.4, -0.2) is 19.9 Å². The van der Waals surface area contributed by atoms with Gasteiger partial charge in [0, 0.05) is 18.3 Å². The van der Waals surface area contributed by atoms with E-state index in [9.17, 15) is 18.5 Å². The molecule has 0 radical (unpaired) electrons. The van der Waals surface area contributed by atoms with Crippen LogP contribution in [-0.2, 0) is 23.0 Å². The summed E-state index contributed by atoms with van der Waals surface area (Å²) in [6, 6.07) is 10.6. The number of benzene rings is 2. The molecule has 3 rings (SSSR count). The van der Waals surface area contributed by atoms with Crippen LogP contribution < -0.4 is 10.0 Å². The first kappa shape index (κ1) is 15.4. The van der Waals surface area contributed by atoms with Gasteiger partial charge in [-0.3, -0.25) is 14.8 Å². The molecule has 0 unspecified atom stereocenters. The first-order chi connectivity index (χ1) is 11.0. The molecule has 1 aliphatic heterocycles. The molecule has 8 heteroatoms. The third-order valence-electron chi connectivity index (χ3n) is 3.70. The van der Waals surface area contributed by atoms with Crippen molar-refractivity contribution in [2.45, 2.75) is 17.9 Å². The van der Waals surface area contributed by atoms with Crippen molar-refractivity contribution in [3.8, 4) is 0 Å². The van der Waals surface area contributed by atoms with Crippen molar-refractivity contribution in [1.29, 1.82) is 0 Å². The number of nitrogens with zero attached hydrogens (tertiary/aromatic N) is 1. The molecule has 0 fully saturated rings. The first-order valence-corrected chi connectivity index (χ1v) is 8.54. The Labute approximate surface area is 133 Å². The second-order valence-electron chi connectivity index (χ2n) is 5.24. The van der Waals surface area contributed by atoms with Gasteiger partial charge in [0.05, 0.1) is 4.92 Å². The monoisotopic (exact) mass is 333 g/mol.